The standard InChI is InChI=1S/C15H14F3N3O4S/c1-19-14(22)20-10-4-2-5-11(8-10)21-26(23,24)13-7-3-6-12(9-13)25-15(16,17)18/h2-9,21H,1H3,(H2,19,20,22). The SMILES string of the molecule is CNC(=O)Nc1cccc(NS(=O)(=O)c2cccc(OC(F)(F)F)c2)c1. The topological polar surface area (TPSA) is 96.5 Å². The van der Waals surface area contributed by atoms with Crippen LogP contribution in [0.3, 0.4) is 0 Å². The van der Waals surface area contributed by atoms with Crippen LogP contribution in [0.1, 0.15) is 0 Å². The first-order chi connectivity index (χ1) is 12.1. The van der Waals surface area contributed by atoms with E-state index in [1.54, 1.807) is 0 Å². The molecule has 2 aromatic rings. The maximum Gasteiger partial charge on any atom is 0.573 e. The first-order valence-corrected chi connectivity index (χ1v) is 8.55. The molecule has 3 N–H and O–H groups in total. The second-order valence-corrected chi connectivity index (χ2v) is 6.60. The van der Waals surface area contributed by atoms with Gasteiger partial charge in [-0.05, 0) is 30.3 Å². The van der Waals surface area contributed by atoms with Crippen LogP contribution in [-0.4, -0.2) is 27.9 Å². The third kappa shape index (κ3) is 5.55. The first-order valence-electron chi connectivity index (χ1n) is 7.06. The van der Waals surface area contributed by atoms with E-state index < -0.39 is 33.1 Å². The van der Waals surface area contributed by atoms with Gasteiger partial charge in [0.25, 0.3) is 10.0 Å². The second-order valence-electron chi connectivity index (χ2n) is 4.91. The Morgan fingerprint density at radius 1 is 1.04 bits per heavy atom. The van der Waals surface area contributed by atoms with Gasteiger partial charge in [-0.2, -0.15) is 0 Å². The summed E-state index contributed by atoms with van der Waals surface area (Å²) in [4.78, 5) is 10.9. The predicted molar refractivity (Wildman–Crippen MR) is 88.5 cm³/mol. The van der Waals surface area contributed by atoms with Gasteiger partial charge in [0, 0.05) is 18.8 Å². The van der Waals surface area contributed by atoms with Crippen molar-refractivity contribution in [2.45, 2.75) is 11.3 Å². The van der Waals surface area contributed by atoms with Crippen LogP contribution in [0, 0.1) is 0 Å². The van der Waals surface area contributed by atoms with Crippen LogP contribution >= 0.6 is 0 Å². The zero-order valence-electron chi connectivity index (χ0n) is 13.3. The first kappa shape index (κ1) is 19.4. The van der Waals surface area contributed by atoms with Crippen LogP contribution in [0.25, 0.3) is 0 Å². The quantitative estimate of drug-likeness (QED) is 0.732. The lowest BCUT2D eigenvalue weighted by Crippen LogP contribution is -2.24. The number of rotatable bonds is 5. The van der Waals surface area contributed by atoms with Crippen molar-refractivity contribution < 1.29 is 31.1 Å². The predicted octanol–water partition coefficient (Wildman–Crippen LogP) is 3.14. The Bertz CT molecular complexity index is 901. The van der Waals surface area contributed by atoms with Crippen molar-refractivity contribution in [3.05, 3.63) is 48.5 Å². The molecule has 0 aliphatic rings. The van der Waals surface area contributed by atoms with Gasteiger partial charge in [0.05, 0.1) is 10.6 Å². The summed E-state index contributed by atoms with van der Waals surface area (Å²) in [5.74, 6) is -0.657. The van der Waals surface area contributed by atoms with Gasteiger partial charge in [-0.1, -0.05) is 12.1 Å². The minimum Gasteiger partial charge on any atom is -0.406 e. The average Bonchev–Trinajstić information content (AvgIpc) is 2.53. The van der Waals surface area contributed by atoms with Crippen molar-refractivity contribution in [2.75, 3.05) is 17.1 Å². The normalized spacial score (nSPS) is 11.5. The van der Waals surface area contributed by atoms with E-state index in [1.807, 2.05) is 0 Å². The number of hydrogen-bond acceptors (Lipinski definition) is 4. The van der Waals surface area contributed by atoms with E-state index in [2.05, 4.69) is 20.1 Å². The van der Waals surface area contributed by atoms with Gasteiger partial charge in [0.2, 0.25) is 0 Å². The van der Waals surface area contributed by atoms with E-state index >= 15 is 0 Å². The molecule has 0 bridgehead atoms. The molecule has 0 spiro atoms. The summed E-state index contributed by atoms with van der Waals surface area (Å²) < 4.78 is 67.5. The minimum absolute atomic E-state index is 0.112. The van der Waals surface area contributed by atoms with Gasteiger partial charge in [-0.3, -0.25) is 4.72 Å². The summed E-state index contributed by atoms with van der Waals surface area (Å²) in [5, 5.41) is 4.80. The number of halogens is 3. The van der Waals surface area contributed by atoms with Gasteiger partial charge < -0.3 is 15.4 Å². The molecule has 0 saturated heterocycles. The largest absolute Gasteiger partial charge is 0.573 e. The fourth-order valence-electron chi connectivity index (χ4n) is 1.91. The average molecular weight is 389 g/mol. The minimum atomic E-state index is -4.93. The summed E-state index contributed by atoms with van der Waals surface area (Å²) in [7, 11) is -2.75. The van der Waals surface area contributed by atoms with E-state index in [1.165, 1.54) is 31.3 Å². The Hall–Kier alpha value is -2.95. The van der Waals surface area contributed by atoms with E-state index in [9.17, 15) is 26.4 Å². The number of carbonyl (C=O) groups excluding carboxylic acids is 1. The van der Waals surface area contributed by atoms with E-state index in [0.29, 0.717) is 5.69 Å². The van der Waals surface area contributed by atoms with Crippen molar-refractivity contribution in [3.63, 3.8) is 0 Å². The van der Waals surface area contributed by atoms with E-state index in [-0.39, 0.29) is 5.69 Å². The van der Waals surface area contributed by atoms with Crippen LogP contribution in [0.4, 0.5) is 29.3 Å². The van der Waals surface area contributed by atoms with Gasteiger partial charge >= 0.3 is 12.4 Å². The van der Waals surface area contributed by atoms with Crippen molar-refractivity contribution in [2.24, 2.45) is 0 Å². The van der Waals surface area contributed by atoms with Gasteiger partial charge in [0.1, 0.15) is 5.75 Å². The molecule has 26 heavy (non-hydrogen) atoms. The molecule has 7 nitrogen and oxygen atoms in total. The molecule has 0 heterocycles. The number of anilines is 2. The summed E-state index contributed by atoms with van der Waals surface area (Å²) in [5.41, 5.74) is 0.430. The lowest BCUT2D eigenvalue weighted by molar-refractivity contribution is -0.274. The van der Waals surface area contributed by atoms with Gasteiger partial charge in [0.15, 0.2) is 0 Å². The second kappa shape index (κ2) is 7.52. The Morgan fingerprint density at radius 2 is 1.69 bits per heavy atom. The van der Waals surface area contributed by atoms with Crippen LogP contribution in [-0.2, 0) is 10.0 Å². The Balaban J connectivity index is 2.22. The Morgan fingerprint density at radius 3 is 2.35 bits per heavy atom. The molecule has 140 valence electrons. The van der Waals surface area contributed by atoms with Gasteiger partial charge in [-0.25, -0.2) is 13.2 Å². The van der Waals surface area contributed by atoms with Crippen LogP contribution < -0.4 is 20.1 Å². The van der Waals surface area contributed by atoms with Crippen molar-refractivity contribution >= 4 is 27.4 Å². The Kier molecular flexibility index (Phi) is 5.60. The molecule has 11 heteroatoms. The number of amides is 2. The summed E-state index contributed by atoms with van der Waals surface area (Å²) in [6.07, 6.45) is -4.93. The highest BCUT2D eigenvalue weighted by atomic mass is 32.2. The molecule has 0 aromatic heterocycles. The van der Waals surface area contributed by atoms with Crippen molar-refractivity contribution in [1.29, 1.82) is 0 Å². The monoisotopic (exact) mass is 389 g/mol. The molecule has 0 saturated carbocycles. The molecular weight excluding hydrogens is 375 g/mol. The maximum absolute atomic E-state index is 12.4. The number of sulfonamides is 1. The third-order valence-corrected chi connectivity index (χ3v) is 4.33. The number of carbonyl (C=O) groups is 1. The molecule has 2 aromatic carbocycles. The zero-order valence-corrected chi connectivity index (χ0v) is 14.1. The molecule has 2 rings (SSSR count). The maximum atomic E-state index is 12.4. The Labute approximate surface area is 147 Å². The summed E-state index contributed by atoms with van der Waals surface area (Å²) in [6.45, 7) is 0. The lowest BCUT2D eigenvalue weighted by atomic mass is 10.3. The molecule has 0 atom stereocenters. The molecule has 0 aliphatic carbocycles. The van der Waals surface area contributed by atoms with E-state index in [0.717, 1.165) is 24.3 Å². The van der Waals surface area contributed by atoms with Crippen molar-refractivity contribution in [1.82, 2.24) is 5.32 Å². The highest BCUT2D eigenvalue weighted by Crippen LogP contribution is 2.26. The molecule has 2 amide bonds. The van der Waals surface area contributed by atoms with Crippen LogP contribution in [0.2, 0.25) is 0 Å². The molecule has 0 unspecified atom stereocenters. The number of alkyl halides is 3. The van der Waals surface area contributed by atoms with Crippen LogP contribution in [0.15, 0.2) is 53.4 Å². The number of nitrogens with one attached hydrogen (secondary N) is 3. The molecular formula is C15H14F3N3O4S. The van der Waals surface area contributed by atoms with Crippen molar-refractivity contribution in [3.8, 4) is 5.75 Å². The third-order valence-electron chi connectivity index (χ3n) is 2.95. The fraction of sp³-hybridized carbons (Fsp3) is 0.133. The smallest absolute Gasteiger partial charge is 0.406 e. The number of urea groups is 1. The number of ether oxygens (including phenoxy) is 1. The zero-order chi connectivity index (χ0) is 19.4. The van der Waals surface area contributed by atoms with Crippen LogP contribution in [0.5, 0.6) is 5.75 Å². The molecule has 0 radical (unpaired) electrons. The highest BCUT2D eigenvalue weighted by molar-refractivity contribution is 7.92. The van der Waals surface area contributed by atoms with Gasteiger partial charge in [-0.15, -0.1) is 13.2 Å². The summed E-state index contributed by atoms with van der Waals surface area (Å²) in [6, 6.07) is 9.28. The molecule has 0 fully saturated rings. The summed E-state index contributed by atoms with van der Waals surface area (Å²) >= 11 is 0. The fourth-order valence-corrected chi connectivity index (χ4v) is 2.99. The highest BCUT2D eigenvalue weighted by Gasteiger charge is 2.31. The lowest BCUT2D eigenvalue weighted by Gasteiger charge is -2.12. The number of benzene rings is 2. The van der Waals surface area contributed by atoms with E-state index in [4.69, 9.17) is 0 Å². The molecule has 0 aliphatic heterocycles. The number of hydrogen-bond donors (Lipinski definition) is 3.